The van der Waals surface area contributed by atoms with Crippen molar-refractivity contribution in [2.45, 2.75) is 13.2 Å². The number of rotatable bonds is 7. The Kier molecular flexibility index (Phi) is 11.5. The fourth-order valence-electron chi connectivity index (χ4n) is 1.57. The number of ether oxygens (including phenoxy) is 2. The van der Waals surface area contributed by atoms with Crippen LogP contribution in [-0.4, -0.2) is 39.9 Å². The average molecular weight is 494 g/mol. The van der Waals surface area contributed by atoms with E-state index >= 15 is 0 Å². The Hall–Kier alpha value is -0.680. The molecule has 0 amide bonds. The van der Waals surface area contributed by atoms with E-state index in [1.165, 1.54) is 6.07 Å². The van der Waals surface area contributed by atoms with E-state index in [1.807, 2.05) is 0 Å². The predicted molar refractivity (Wildman–Crippen MR) is 96.3 cm³/mol. The highest BCUT2D eigenvalue weighted by Gasteiger charge is 2.10. The first-order valence-electron chi connectivity index (χ1n) is 6.23. The molecule has 0 unspecified atom stereocenters. The van der Waals surface area contributed by atoms with Crippen molar-refractivity contribution < 1.29 is 18.3 Å². The molecule has 5 nitrogen and oxygen atoms in total. The van der Waals surface area contributed by atoms with E-state index in [9.17, 15) is 8.78 Å². The van der Waals surface area contributed by atoms with Crippen LogP contribution in [0.4, 0.5) is 8.78 Å². The fourth-order valence-corrected chi connectivity index (χ4v) is 1.98. The van der Waals surface area contributed by atoms with Crippen LogP contribution in [0.2, 0.25) is 0 Å². The summed E-state index contributed by atoms with van der Waals surface area (Å²) in [5.41, 5.74) is 0.597. The van der Waals surface area contributed by atoms with Gasteiger partial charge in [0, 0.05) is 37.3 Å². The van der Waals surface area contributed by atoms with Crippen molar-refractivity contribution in [1.82, 2.24) is 10.6 Å². The van der Waals surface area contributed by atoms with Crippen LogP contribution < -0.4 is 15.4 Å². The lowest BCUT2D eigenvalue weighted by molar-refractivity contribution is -0.0504. The van der Waals surface area contributed by atoms with Gasteiger partial charge in [0.05, 0.1) is 6.61 Å². The zero-order valence-electron chi connectivity index (χ0n) is 12.2. The van der Waals surface area contributed by atoms with Crippen molar-refractivity contribution in [3.8, 4) is 5.75 Å². The van der Waals surface area contributed by atoms with Gasteiger partial charge in [-0.2, -0.15) is 8.78 Å². The van der Waals surface area contributed by atoms with Gasteiger partial charge in [-0.25, -0.2) is 0 Å². The molecule has 0 heterocycles. The van der Waals surface area contributed by atoms with E-state index in [1.54, 1.807) is 26.3 Å². The number of methoxy groups -OCH3 is 1. The first-order valence-corrected chi connectivity index (χ1v) is 7.02. The second-order valence-electron chi connectivity index (χ2n) is 3.98. The van der Waals surface area contributed by atoms with Crippen molar-refractivity contribution in [1.29, 1.82) is 0 Å². The van der Waals surface area contributed by atoms with Gasteiger partial charge in [-0.05, 0) is 18.2 Å². The third kappa shape index (κ3) is 8.08. The molecule has 1 aromatic rings. The van der Waals surface area contributed by atoms with Gasteiger partial charge in [0.15, 0.2) is 5.96 Å². The van der Waals surface area contributed by atoms with E-state index in [2.05, 4.69) is 36.3 Å². The second kappa shape index (κ2) is 11.8. The minimum Gasteiger partial charge on any atom is -0.434 e. The van der Waals surface area contributed by atoms with Gasteiger partial charge in [0.25, 0.3) is 0 Å². The molecular weight excluding hydrogens is 475 g/mol. The van der Waals surface area contributed by atoms with Crippen LogP contribution in [0.25, 0.3) is 0 Å². The fraction of sp³-hybridized carbons (Fsp3) is 0.462. The number of nitrogens with one attached hydrogen (secondary N) is 2. The summed E-state index contributed by atoms with van der Waals surface area (Å²) in [6, 6.07) is 4.86. The molecule has 0 aromatic heterocycles. The molecule has 2 N–H and O–H groups in total. The molecule has 0 spiro atoms. The number of benzene rings is 1. The quantitative estimate of drug-likeness (QED) is 0.265. The van der Waals surface area contributed by atoms with Crippen LogP contribution in [-0.2, 0) is 11.3 Å². The van der Waals surface area contributed by atoms with Crippen LogP contribution in [0.5, 0.6) is 5.75 Å². The third-order valence-corrected chi connectivity index (χ3v) is 3.00. The maximum Gasteiger partial charge on any atom is 0.387 e. The monoisotopic (exact) mass is 493 g/mol. The lowest BCUT2D eigenvalue weighted by Crippen LogP contribution is -2.38. The Bertz CT molecular complexity index is 479. The van der Waals surface area contributed by atoms with Gasteiger partial charge in [-0.1, -0.05) is 15.9 Å². The number of guanidine groups is 1. The van der Waals surface area contributed by atoms with Gasteiger partial charge < -0.3 is 20.1 Å². The summed E-state index contributed by atoms with van der Waals surface area (Å²) in [6.45, 7) is -1.43. The Labute approximate surface area is 154 Å². The molecule has 22 heavy (non-hydrogen) atoms. The van der Waals surface area contributed by atoms with Crippen molar-refractivity contribution in [3.05, 3.63) is 28.2 Å². The highest BCUT2D eigenvalue weighted by Crippen LogP contribution is 2.24. The van der Waals surface area contributed by atoms with E-state index in [-0.39, 0.29) is 29.7 Å². The smallest absolute Gasteiger partial charge is 0.387 e. The third-order valence-electron chi connectivity index (χ3n) is 2.51. The largest absolute Gasteiger partial charge is 0.434 e. The number of aliphatic imine (C=N–C) groups is 1. The van der Waals surface area contributed by atoms with Gasteiger partial charge in [-0.3, -0.25) is 4.99 Å². The molecule has 0 radical (unpaired) electrons. The standard InChI is InChI=1S/C13H18BrF2N3O2.HI/c1-17-13(18-5-6-20-2)19-8-9-7-10(14)3-4-11(9)21-12(15)16;/h3-4,7,12H,5-6,8H2,1-2H3,(H2,17,18,19);1H. The first kappa shape index (κ1) is 21.3. The molecule has 0 aliphatic heterocycles. The Balaban J connectivity index is 0.00000441. The molecule has 0 saturated carbocycles. The molecule has 0 saturated heterocycles. The Morgan fingerprint density at radius 1 is 1.36 bits per heavy atom. The SMILES string of the molecule is CN=C(NCCOC)NCc1cc(Br)ccc1OC(F)F.I. The highest BCUT2D eigenvalue weighted by atomic mass is 127. The molecule has 0 aliphatic carbocycles. The molecule has 9 heteroatoms. The first-order chi connectivity index (χ1) is 10.1. The van der Waals surface area contributed by atoms with E-state index in [4.69, 9.17) is 4.74 Å². The van der Waals surface area contributed by atoms with Crippen molar-refractivity contribution in [2.75, 3.05) is 27.3 Å². The number of hydrogen-bond acceptors (Lipinski definition) is 3. The minimum absolute atomic E-state index is 0. The summed E-state index contributed by atoms with van der Waals surface area (Å²) >= 11 is 3.30. The number of nitrogens with zero attached hydrogens (tertiary/aromatic N) is 1. The number of hydrogen-bond donors (Lipinski definition) is 2. The topological polar surface area (TPSA) is 54.9 Å². The van der Waals surface area contributed by atoms with Gasteiger partial charge >= 0.3 is 6.61 Å². The average Bonchev–Trinajstić information content (AvgIpc) is 2.44. The van der Waals surface area contributed by atoms with Gasteiger partial charge in [0.1, 0.15) is 5.75 Å². The van der Waals surface area contributed by atoms with Crippen molar-refractivity contribution in [3.63, 3.8) is 0 Å². The molecule has 0 aliphatic rings. The summed E-state index contributed by atoms with van der Waals surface area (Å²) < 4.78 is 34.9. The summed E-state index contributed by atoms with van der Waals surface area (Å²) in [5.74, 6) is 0.683. The summed E-state index contributed by atoms with van der Waals surface area (Å²) in [7, 11) is 3.23. The summed E-state index contributed by atoms with van der Waals surface area (Å²) in [4.78, 5) is 4.03. The maximum atomic E-state index is 12.4. The molecule has 0 bridgehead atoms. The molecule has 0 fully saturated rings. The Morgan fingerprint density at radius 3 is 2.68 bits per heavy atom. The number of halogens is 4. The molecule has 1 aromatic carbocycles. The van der Waals surface area contributed by atoms with Crippen LogP contribution in [0.3, 0.4) is 0 Å². The lowest BCUT2D eigenvalue weighted by Gasteiger charge is -2.14. The van der Waals surface area contributed by atoms with Crippen molar-refractivity contribution in [2.24, 2.45) is 4.99 Å². The zero-order valence-corrected chi connectivity index (χ0v) is 16.2. The van der Waals surface area contributed by atoms with Crippen LogP contribution >= 0.6 is 39.9 Å². The minimum atomic E-state index is -2.86. The molecule has 126 valence electrons. The van der Waals surface area contributed by atoms with E-state index in [0.717, 1.165) is 4.47 Å². The van der Waals surface area contributed by atoms with Crippen molar-refractivity contribution >= 4 is 45.9 Å². The Morgan fingerprint density at radius 2 is 2.09 bits per heavy atom. The summed E-state index contributed by atoms with van der Waals surface area (Å²) in [6.07, 6.45) is 0. The lowest BCUT2D eigenvalue weighted by atomic mass is 10.2. The van der Waals surface area contributed by atoms with Crippen LogP contribution in [0.15, 0.2) is 27.7 Å². The second-order valence-corrected chi connectivity index (χ2v) is 4.89. The van der Waals surface area contributed by atoms with E-state index < -0.39 is 6.61 Å². The normalized spacial score (nSPS) is 11.1. The molecule has 0 atom stereocenters. The highest BCUT2D eigenvalue weighted by molar-refractivity contribution is 14.0. The molecule has 1 rings (SSSR count). The molecular formula is C13H19BrF2IN3O2. The zero-order chi connectivity index (χ0) is 15.7. The van der Waals surface area contributed by atoms with Gasteiger partial charge in [-0.15, -0.1) is 24.0 Å². The van der Waals surface area contributed by atoms with Gasteiger partial charge in [0.2, 0.25) is 0 Å². The van der Waals surface area contributed by atoms with Crippen LogP contribution in [0, 0.1) is 0 Å². The number of alkyl halides is 2. The summed E-state index contributed by atoms with van der Waals surface area (Å²) in [5, 5.41) is 6.05. The van der Waals surface area contributed by atoms with Crippen LogP contribution in [0.1, 0.15) is 5.56 Å². The maximum absolute atomic E-state index is 12.4. The predicted octanol–water partition coefficient (Wildman–Crippen LogP) is 2.98. The van der Waals surface area contributed by atoms with E-state index in [0.29, 0.717) is 31.2 Å².